The molecule has 1 aromatic rings. The van der Waals surface area contributed by atoms with Gasteiger partial charge in [-0.05, 0) is 0 Å². The molecule has 0 saturated carbocycles. The molecule has 2 N–H and O–H groups in total. The Morgan fingerprint density at radius 2 is 1.62 bits per heavy atom. The van der Waals surface area contributed by atoms with Crippen LogP contribution in [0.2, 0.25) is 0 Å². The minimum atomic E-state index is -3.89. The van der Waals surface area contributed by atoms with Gasteiger partial charge in [0, 0.05) is 0 Å². The monoisotopic (exact) mass is 266 g/mol. The van der Waals surface area contributed by atoms with Crippen molar-refractivity contribution in [3.63, 3.8) is 0 Å². The summed E-state index contributed by atoms with van der Waals surface area (Å²) >= 11 is 3.27. The molecular weight excluding hydrogens is 255 g/mol. The molecule has 0 fully saturated rings. The summed E-state index contributed by atoms with van der Waals surface area (Å²) in [5, 5.41) is 0. The van der Waals surface area contributed by atoms with Crippen LogP contribution in [-0.2, 0) is 0 Å². The third-order valence-corrected chi connectivity index (χ3v) is 2.45. The van der Waals surface area contributed by atoms with Crippen molar-refractivity contribution in [2.45, 2.75) is 0 Å². The Morgan fingerprint density at radius 3 is 2.00 bits per heavy atom. The molecule has 0 aliphatic heterocycles. The Kier molecular flexibility index (Phi) is 2.70. The van der Waals surface area contributed by atoms with Crippen molar-refractivity contribution in [2.75, 3.05) is 13.3 Å². The Hall–Kier alpha value is -0.150. The van der Waals surface area contributed by atoms with Gasteiger partial charge in [-0.2, -0.15) is 0 Å². The molecule has 1 aromatic carbocycles. The van der Waals surface area contributed by atoms with E-state index >= 15 is 0 Å². The van der Waals surface area contributed by atoms with Crippen LogP contribution in [0, 0.1) is 0 Å². The summed E-state index contributed by atoms with van der Waals surface area (Å²) in [6.07, 6.45) is 0. The van der Waals surface area contributed by atoms with Gasteiger partial charge in [-0.1, -0.05) is 0 Å². The number of benzene rings is 1. The summed E-state index contributed by atoms with van der Waals surface area (Å²) in [5.74, 6) is 0.455. The zero-order valence-corrected chi connectivity index (χ0v) is 9.92. The normalized spacial score (nSPS) is 14.7. The van der Waals surface area contributed by atoms with E-state index in [1.54, 1.807) is 24.3 Å². The fourth-order valence-electron chi connectivity index (χ4n) is 0.801. The Labute approximate surface area is 85.7 Å². The average molecular weight is 267 g/mol. The second-order valence-corrected chi connectivity index (χ2v) is 8.24. The van der Waals surface area contributed by atoms with E-state index in [1.165, 1.54) is 13.3 Å². The molecule has 13 heavy (non-hydrogen) atoms. The molecule has 0 radical (unpaired) electrons. The standard InChI is InChI=1S/C8H12BrO3P/c1-13(2,10,11)12-8-5-3-7(9)4-6-8/h3-6,10-11H,1-2H3. The number of halogens is 1. The maximum atomic E-state index is 9.46. The van der Waals surface area contributed by atoms with Gasteiger partial charge in [-0.25, -0.2) is 0 Å². The summed E-state index contributed by atoms with van der Waals surface area (Å²) in [7, 11) is -3.89. The van der Waals surface area contributed by atoms with E-state index in [0.29, 0.717) is 5.75 Å². The molecule has 0 heterocycles. The second-order valence-electron chi connectivity index (χ2n) is 3.41. The predicted molar refractivity (Wildman–Crippen MR) is 58.0 cm³/mol. The molecular formula is C8H12BrO3P. The molecule has 0 amide bonds. The van der Waals surface area contributed by atoms with Gasteiger partial charge in [0.2, 0.25) is 0 Å². The van der Waals surface area contributed by atoms with Crippen LogP contribution in [0.25, 0.3) is 0 Å². The van der Waals surface area contributed by atoms with Crippen LogP contribution in [0.5, 0.6) is 5.75 Å². The van der Waals surface area contributed by atoms with Crippen LogP contribution in [0.1, 0.15) is 0 Å². The van der Waals surface area contributed by atoms with E-state index in [4.69, 9.17) is 4.52 Å². The van der Waals surface area contributed by atoms with Crippen LogP contribution in [-0.4, -0.2) is 23.1 Å². The summed E-state index contributed by atoms with van der Waals surface area (Å²) in [6, 6.07) is 6.89. The van der Waals surface area contributed by atoms with E-state index < -0.39 is 7.28 Å². The maximum absolute atomic E-state index is 9.46. The first kappa shape index (κ1) is 10.9. The van der Waals surface area contributed by atoms with Crippen molar-refractivity contribution < 1.29 is 14.3 Å². The molecule has 0 atom stereocenters. The van der Waals surface area contributed by atoms with Gasteiger partial charge in [-0.15, -0.1) is 0 Å². The van der Waals surface area contributed by atoms with Gasteiger partial charge in [0.05, 0.1) is 0 Å². The fourth-order valence-corrected chi connectivity index (χ4v) is 1.80. The van der Waals surface area contributed by atoms with E-state index in [9.17, 15) is 9.79 Å². The van der Waals surface area contributed by atoms with E-state index in [-0.39, 0.29) is 0 Å². The van der Waals surface area contributed by atoms with Gasteiger partial charge in [-0.3, -0.25) is 0 Å². The van der Waals surface area contributed by atoms with Crippen LogP contribution in [0.15, 0.2) is 28.7 Å². The van der Waals surface area contributed by atoms with Gasteiger partial charge in [0.1, 0.15) is 0 Å². The Bertz CT molecular complexity index is 292. The van der Waals surface area contributed by atoms with Gasteiger partial charge in [0.25, 0.3) is 0 Å². The van der Waals surface area contributed by atoms with Crippen molar-refractivity contribution in [3.8, 4) is 5.75 Å². The van der Waals surface area contributed by atoms with Crippen LogP contribution in [0.3, 0.4) is 0 Å². The van der Waals surface area contributed by atoms with E-state index in [2.05, 4.69) is 15.9 Å². The SMILES string of the molecule is CP(C)(O)(O)Oc1ccc(Br)cc1. The third kappa shape index (κ3) is 4.58. The van der Waals surface area contributed by atoms with E-state index in [0.717, 1.165) is 4.47 Å². The fraction of sp³-hybridized carbons (Fsp3) is 0.250. The minimum absolute atomic E-state index is 0.455. The Balaban J connectivity index is 2.82. The molecule has 0 saturated heterocycles. The molecule has 0 unspecified atom stereocenters. The first-order valence-corrected chi connectivity index (χ1v) is 7.44. The van der Waals surface area contributed by atoms with Gasteiger partial charge >= 0.3 is 85.3 Å². The molecule has 5 heteroatoms. The topological polar surface area (TPSA) is 49.7 Å². The summed E-state index contributed by atoms with van der Waals surface area (Å²) < 4.78 is 5.98. The number of rotatable bonds is 2. The second kappa shape index (κ2) is 3.21. The summed E-state index contributed by atoms with van der Waals surface area (Å²) in [6.45, 7) is 2.60. The van der Waals surface area contributed by atoms with Crippen molar-refractivity contribution in [3.05, 3.63) is 28.7 Å². The molecule has 0 aromatic heterocycles. The first-order valence-electron chi connectivity index (χ1n) is 3.69. The summed E-state index contributed by atoms with van der Waals surface area (Å²) in [5.41, 5.74) is 0. The zero-order chi connectivity index (χ0) is 10.1. The van der Waals surface area contributed by atoms with Crippen molar-refractivity contribution in [1.82, 2.24) is 0 Å². The van der Waals surface area contributed by atoms with Crippen LogP contribution in [0.4, 0.5) is 0 Å². The number of hydrogen-bond donors (Lipinski definition) is 2. The molecule has 1 rings (SSSR count). The molecule has 3 nitrogen and oxygen atoms in total. The van der Waals surface area contributed by atoms with Crippen molar-refractivity contribution in [1.29, 1.82) is 0 Å². The number of hydrogen-bond acceptors (Lipinski definition) is 3. The first-order chi connectivity index (χ1) is 5.72. The van der Waals surface area contributed by atoms with Gasteiger partial charge in [0.15, 0.2) is 0 Å². The molecule has 0 aliphatic carbocycles. The van der Waals surface area contributed by atoms with Crippen molar-refractivity contribution >= 4 is 23.2 Å². The molecule has 0 spiro atoms. The Morgan fingerprint density at radius 1 is 1.15 bits per heavy atom. The van der Waals surface area contributed by atoms with Crippen molar-refractivity contribution in [2.24, 2.45) is 0 Å². The molecule has 0 bridgehead atoms. The molecule has 74 valence electrons. The quantitative estimate of drug-likeness (QED) is 0.809. The third-order valence-electron chi connectivity index (χ3n) is 1.18. The summed E-state index contributed by atoms with van der Waals surface area (Å²) in [4.78, 5) is 18.9. The molecule has 0 aliphatic rings. The van der Waals surface area contributed by atoms with Crippen LogP contribution >= 0.6 is 23.2 Å². The van der Waals surface area contributed by atoms with E-state index in [1.807, 2.05) is 0 Å². The average Bonchev–Trinajstić information content (AvgIpc) is 1.89. The van der Waals surface area contributed by atoms with Crippen LogP contribution < -0.4 is 4.52 Å². The predicted octanol–water partition coefficient (Wildman–Crippen LogP) is 2.37. The van der Waals surface area contributed by atoms with Gasteiger partial charge < -0.3 is 0 Å². The zero-order valence-electron chi connectivity index (χ0n) is 7.44.